The van der Waals surface area contributed by atoms with Gasteiger partial charge < -0.3 is 15.2 Å². The van der Waals surface area contributed by atoms with Gasteiger partial charge in [0.25, 0.3) is 0 Å². The van der Waals surface area contributed by atoms with Crippen LogP contribution < -0.4 is 10.1 Å². The number of halogens is 1. The van der Waals surface area contributed by atoms with Crippen LogP contribution in [0.3, 0.4) is 0 Å². The third kappa shape index (κ3) is 3.26. The molecule has 1 atom stereocenters. The summed E-state index contributed by atoms with van der Waals surface area (Å²) >= 11 is 0. The minimum Gasteiger partial charge on any atom is -0.497 e. The van der Waals surface area contributed by atoms with Crippen LogP contribution in [0.4, 0.5) is 10.1 Å². The highest BCUT2D eigenvalue weighted by atomic mass is 19.1. The Kier molecular flexibility index (Phi) is 4.20. The second-order valence-electron chi connectivity index (χ2n) is 4.20. The lowest BCUT2D eigenvalue weighted by Crippen LogP contribution is -2.20. The standard InChI is InChI=1S/C15H14FNO3/c1-20-13-4-2-3-12(9-13)17-14(15(18)19)10-5-7-11(16)8-6-10/h2-9,14,17H,1H3,(H,18,19). The highest BCUT2D eigenvalue weighted by Gasteiger charge is 2.19. The van der Waals surface area contributed by atoms with Crippen LogP contribution in [0.2, 0.25) is 0 Å². The van der Waals surface area contributed by atoms with E-state index >= 15 is 0 Å². The van der Waals surface area contributed by atoms with Crippen LogP contribution in [0.5, 0.6) is 5.75 Å². The molecule has 0 fully saturated rings. The fourth-order valence-electron chi connectivity index (χ4n) is 1.82. The third-order valence-electron chi connectivity index (χ3n) is 2.83. The number of methoxy groups -OCH3 is 1. The van der Waals surface area contributed by atoms with Crippen LogP contribution in [0.25, 0.3) is 0 Å². The maximum Gasteiger partial charge on any atom is 0.330 e. The van der Waals surface area contributed by atoms with Crippen molar-refractivity contribution in [1.29, 1.82) is 0 Å². The summed E-state index contributed by atoms with van der Waals surface area (Å²) in [7, 11) is 1.54. The van der Waals surface area contributed by atoms with Gasteiger partial charge in [0.2, 0.25) is 0 Å². The van der Waals surface area contributed by atoms with Crippen LogP contribution in [0.1, 0.15) is 11.6 Å². The maximum atomic E-state index is 12.9. The Hall–Kier alpha value is -2.56. The van der Waals surface area contributed by atoms with E-state index in [1.54, 1.807) is 24.3 Å². The van der Waals surface area contributed by atoms with Crippen molar-refractivity contribution in [2.75, 3.05) is 12.4 Å². The first-order chi connectivity index (χ1) is 9.60. The summed E-state index contributed by atoms with van der Waals surface area (Å²) in [5.41, 5.74) is 1.09. The van der Waals surface area contributed by atoms with Crippen molar-refractivity contribution in [2.45, 2.75) is 6.04 Å². The summed E-state index contributed by atoms with van der Waals surface area (Å²) in [4.78, 5) is 11.4. The molecule has 0 heterocycles. The topological polar surface area (TPSA) is 58.6 Å². The van der Waals surface area contributed by atoms with E-state index in [1.165, 1.54) is 31.4 Å². The zero-order chi connectivity index (χ0) is 14.5. The average molecular weight is 275 g/mol. The number of anilines is 1. The number of hydrogen-bond acceptors (Lipinski definition) is 3. The number of hydrogen-bond donors (Lipinski definition) is 2. The van der Waals surface area contributed by atoms with Crippen LogP contribution in [-0.2, 0) is 4.79 Å². The van der Waals surface area contributed by atoms with E-state index in [4.69, 9.17) is 4.74 Å². The molecule has 0 saturated heterocycles. The first kappa shape index (κ1) is 13.9. The van der Waals surface area contributed by atoms with Crippen molar-refractivity contribution in [3.8, 4) is 5.75 Å². The Morgan fingerprint density at radius 2 is 1.95 bits per heavy atom. The van der Waals surface area contributed by atoms with E-state index in [0.717, 1.165) is 0 Å². The third-order valence-corrected chi connectivity index (χ3v) is 2.83. The van der Waals surface area contributed by atoms with Crippen molar-refractivity contribution in [2.24, 2.45) is 0 Å². The van der Waals surface area contributed by atoms with Crippen LogP contribution in [-0.4, -0.2) is 18.2 Å². The van der Waals surface area contributed by atoms with Gasteiger partial charge in [-0.3, -0.25) is 0 Å². The summed E-state index contributed by atoms with van der Waals surface area (Å²) in [5, 5.41) is 12.2. The summed E-state index contributed by atoms with van der Waals surface area (Å²) in [5.74, 6) is -0.822. The van der Waals surface area contributed by atoms with Crippen molar-refractivity contribution in [3.63, 3.8) is 0 Å². The molecule has 2 aromatic carbocycles. The molecule has 2 rings (SSSR count). The molecule has 5 heteroatoms. The Labute approximate surface area is 115 Å². The molecule has 0 radical (unpaired) electrons. The molecule has 2 N–H and O–H groups in total. The number of rotatable bonds is 5. The van der Waals surface area contributed by atoms with E-state index in [2.05, 4.69) is 5.32 Å². The molecule has 20 heavy (non-hydrogen) atoms. The van der Waals surface area contributed by atoms with Crippen molar-refractivity contribution in [3.05, 3.63) is 59.9 Å². The SMILES string of the molecule is COc1cccc(NC(C(=O)O)c2ccc(F)cc2)c1. The van der Waals surface area contributed by atoms with Crippen LogP contribution in [0.15, 0.2) is 48.5 Å². The molecule has 0 aliphatic carbocycles. The Morgan fingerprint density at radius 3 is 2.55 bits per heavy atom. The second-order valence-corrected chi connectivity index (χ2v) is 4.20. The lowest BCUT2D eigenvalue weighted by Gasteiger charge is -2.16. The smallest absolute Gasteiger partial charge is 0.330 e. The van der Waals surface area contributed by atoms with E-state index in [0.29, 0.717) is 17.0 Å². The Balaban J connectivity index is 2.25. The van der Waals surface area contributed by atoms with Gasteiger partial charge in [-0.05, 0) is 29.8 Å². The molecule has 0 saturated carbocycles. The van der Waals surface area contributed by atoms with Gasteiger partial charge in [-0.15, -0.1) is 0 Å². The molecule has 0 aromatic heterocycles. The zero-order valence-corrected chi connectivity index (χ0v) is 10.8. The molecule has 1 unspecified atom stereocenters. The fraction of sp³-hybridized carbons (Fsp3) is 0.133. The van der Waals surface area contributed by atoms with Gasteiger partial charge in [0, 0.05) is 11.8 Å². The van der Waals surface area contributed by atoms with Crippen LogP contribution in [0, 0.1) is 5.82 Å². The molecule has 0 bridgehead atoms. The predicted octanol–water partition coefficient (Wildman–Crippen LogP) is 3.07. The summed E-state index contributed by atoms with van der Waals surface area (Å²) < 4.78 is 18.0. The van der Waals surface area contributed by atoms with E-state index in [1.807, 2.05) is 0 Å². The van der Waals surface area contributed by atoms with Crippen molar-refractivity contribution >= 4 is 11.7 Å². The molecule has 0 aliphatic rings. The Bertz CT molecular complexity index is 598. The minimum absolute atomic E-state index is 0.403. The second kappa shape index (κ2) is 6.06. The highest BCUT2D eigenvalue weighted by Crippen LogP contribution is 2.23. The number of nitrogens with one attached hydrogen (secondary N) is 1. The van der Waals surface area contributed by atoms with E-state index < -0.39 is 17.8 Å². The maximum absolute atomic E-state index is 12.9. The summed E-state index contributed by atoms with van der Waals surface area (Å²) in [6.45, 7) is 0. The Morgan fingerprint density at radius 1 is 1.25 bits per heavy atom. The molecule has 0 amide bonds. The van der Waals surface area contributed by atoms with Gasteiger partial charge in [-0.2, -0.15) is 0 Å². The quantitative estimate of drug-likeness (QED) is 0.880. The number of ether oxygens (including phenoxy) is 1. The first-order valence-corrected chi connectivity index (χ1v) is 5.99. The first-order valence-electron chi connectivity index (χ1n) is 5.99. The van der Waals surface area contributed by atoms with Gasteiger partial charge in [0.1, 0.15) is 11.6 Å². The molecule has 2 aromatic rings. The largest absolute Gasteiger partial charge is 0.497 e. The monoisotopic (exact) mass is 275 g/mol. The molecule has 0 aliphatic heterocycles. The highest BCUT2D eigenvalue weighted by molar-refractivity contribution is 5.79. The van der Waals surface area contributed by atoms with Gasteiger partial charge in [-0.1, -0.05) is 18.2 Å². The van der Waals surface area contributed by atoms with Crippen molar-refractivity contribution < 1.29 is 19.0 Å². The van der Waals surface area contributed by atoms with Crippen LogP contribution >= 0.6 is 0 Å². The predicted molar refractivity (Wildman–Crippen MR) is 73.4 cm³/mol. The average Bonchev–Trinajstić information content (AvgIpc) is 2.46. The molecular weight excluding hydrogens is 261 g/mol. The minimum atomic E-state index is -1.04. The molecule has 0 spiro atoms. The lowest BCUT2D eigenvalue weighted by atomic mass is 10.1. The number of benzene rings is 2. The van der Waals surface area contributed by atoms with Gasteiger partial charge in [0.15, 0.2) is 6.04 Å². The number of aliphatic carboxylic acids is 1. The molecule has 4 nitrogen and oxygen atoms in total. The fourth-order valence-corrected chi connectivity index (χ4v) is 1.82. The molecule has 104 valence electrons. The van der Waals surface area contributed by atoms with Crippen molar-refractivity contribution in [1.82, 2.24) is 0 Å². The van der Waals surface area contributed by atoms with Gasteiger partial charge in [0.05, 0.1) is 7.11 Å². The summed E-state index contributed by atoms with van der Waals surface area (Å²) in [6, 6.07) is 11.4. The van der Waals surface area contributed by atoms with E-state index in [-0.39, 0.29) is 0 Å². The van der Waals surface area contributed by atoms with Gasteiger partial charge >= 0.3 is 5.97 Å². The number of carboxylic acids is 1. The number of carboxylic acid groups (broad SMARTS) is 1. The lowest BCUT2D eigenvalue weighted by molar-refractivity contribution is -0.138. The van der Waals surface area contributed by atoms with Gasteiger partial charge in [-0.25, -0.2) is 9.18 Å². The van der Waals surface area contributed by atoms with E-state index in [9.17, 15) is 14.3 Å². The molecular formula is C15H14FNO3. The normalized spacial score (nSPS) is 11.7. The summed E-state index contributed by atoms with van der Waals surface area (Å²) in [6.07, 6.45) is 0. The zero-order valence-electron chi connectivity index (χ0n) is 10.8. The number of carbonyl (C=O) groups is 1.